The van der Waals surface area contributed by atoms with Crippen LogP contribution in [0.1, 0.15) is 23.7 Å². The second-order valence-corrected chi connectivity index (χ2v) is 4.19. The molecule has 0 saturated heterocycles. The van der Waals surface area contributed by atoms with Crippen molar-refractivity contribution in [3.63, 3.8) is 0 Å². The number of rotatable bonds is 5. The Morgan fingerprint density at radius 2 is 1.89 bits per heavy atom. The number of nitrogens with two attached hydrogens (primary N) is 2. The maximum Gasteiger partial charge on any atom is 0.251 e. The molecule has 1 rings (SSSR count). The number of benzene rings is 1. The smallest absolute Gasteiger partial charge is 0.251 e. The van der Waals surface area contributed by atoms with Gasteiger partial charge in [-0.05, 0) is 25.5 Å². The van der Waals surface area contributed by atoms with E-state index in [4.69, 9.17) is 11.5 Å². The van der Waals surface area contributed by atoms with Gasteiger partial charge in [0.05, 0.1) is 6.04 Å². The molecule has 104 valence electrons. The predicted octanol–water partition coefficient (Wildman–Crippen LogP) is -0.120. The molecule has 0 aliphatic rings. The highest BCUT2D eigenvalue weighted by atomic mass is 16.3. The van der Waals surface area contributed by atoms with Crippen LogP contribution >= 0.6 is 0 Å². The summed E-state index contributed by atoms with van der Waals surface area (Å²) in [4.78, 5) is 15.7. The molecule has 0 aromatic heterocycles. The molecule has 7 heteroatoms. The van der Waals surface area contributed by atoms with E-state index in [1.807, 2.05) is 6.92 Å². The van der Waals surface area contributed by atoms with E-state index in [1.165, 1.54) is 12.1 Å². The van der Waals surface area contributed by atoms with Gasteiger partial charge in [-0.25, -0.2) is 0 Å². The first-order chi connectivity index (χ1) is 8.88. The fourth-order valence-electron chi connectivity index (χ4n) is 1.54. The Kier molecular flexibility index (Phi) is 4.99. The maximum atomic E-state index is 11.7. The van der Waals surface area contributed by atoms with E-state index >= 15 is 0 Å². The van der Waals surface area contributed by atoms with E-state index in [0.717, 1.165) is 6.07 Å². The monoisotopic (exact) mass is 266 g/mol. The number of amides is 1. The minimum absolute atomic E-state index is 0.0109. The molecule has 7 nitrogen and oxygen atoms in total. The number of nitrogens with one attached hydrogen (secondary N) is 1. The second kappa shape index (κ2) is 6.48. The lowest BCUT2D eigenvalue weighted by atomic mass is 10.2. The number of carbonyl (C=O) groups is 1. The first kappa shape index (κ1) is 14.6. The van der Waals surface area contributed by atoms with Crippen LogP contribution in [0, 0.1) is 0 Å². The molecule has 1 aromatic rings. The SMILES string of the molecule is CC(CCNC(=O)c1cc(O)cc(O)c1)N=C(N)N. The molecule has 0 spiro atoms. The average Bonchev–Trinajstić information content (AvgIpc) is 2.26. The van der Waals surface area contributed by atoms with Crippen molar-refractivity contribution in [3.8, 4) is 11.5 Å². The molecule has 0 aliphatic heterocycles. The fraction of sp³-hybridized carbons (Fsp3) is 0.333. The quantitative estimate of drug-likeness (QED) is 0.374. The van der Waals surface area contributed by atoms with Crippen LogP contribution in [0.3, 0.4) is 0 Å². The lowest BCUT2D eigenvalue weighted by Gasteiger charge is -2.09. The van der Waals surface area contributed by atoms with Gasteiger partial charge in [0.2, 0.25) is 0 Å². The Bertz CT molecular complexity index is 464. The van der Waals surface area contributed by atoms with Gasteiger partial charge in [0, 0.05) is 18.2 Å². The molecule has 0 aliphatic carbocycles. The third kappa shape index (κ3) is 5.15. The maximum absolute atomic E-state index is 11.7. The molecule has 0 radical (unpaired) electrons. The van der Waals surface area contributed by atoms with E-state index in [1.54, 1.807) is 0 Å². The third-order valence-electron chi connectivity index (χ3n) is 2.38. The van der Waals surface area contributed by atoms with Crippen molar-refractivity contribution >= 4 is 11.9 Å². The topological polar surface area (TPSA) is 134 Å². The van der Waals surface area contributed by atoms with Crippen LogP contribution < -0.4 is 16.8 Å². The molecule has 1 amide bonds. The number of carbonyl (C=O) groups excluding carboxylic acids is 1. The number of aliphatic imine (C=N–C) groups is 1. The normalized spacial score (nSPS) is 11.6. The number of phenolic OH excluding ortho intramolecular Hbond substituents is 2. The van der Waals surface area contributed by atoms with E-state index < -0.39 is 0 Å². The highest BCUT2D eigenvalue weighted by Crippen LogP contribution is 2.20. The van der Waals surface area contributed by atoms with Gasteiger partial charge in [0.25, 0.3) is 5.91 Å². The highest BCUT2D eigenvalue weighted by Gasteiger charge is 2.08. The molecule has 19 heavy (non-hydrogen) atoms. The molecule has 1 aromatic carbocycles. The van der Waals surface area contributed by atoms with Crippen LogP contribution in [-0.2, 0) is 0 Å². The van der Waals surface area contributed by atoms with Gasteiger partial charge in [-0.1, -0.05) is 0 Å². The van der Waals surface area contributed by atoms with E-state index in [-0.39, 0.29) is 35.0 Å². The zero-order valence-corrected chi connectivity index (χ0v) is 10.6. The Morgan fingerprint density at radius 3 is 2.42 bits per heavy atom. The summed E-state index contributed by atoms with van der Waals surface area (Å²) >= 11 is 0. The van der Waals surface area contributed by atoms with Gasteiger partial charge >= 0.3 is 0 Å². The molecule has 0 saturated carbocycles. The molecule has 1 atom stereocenters. The molecule has 0 fully saturated rings. The van der Waals surface area contributed by atoms with Crippen LogP contribution in [0.5, 0.6) is 11.5 Å². The van der Waals surface area contributed by atoms with E-state index in [2.05, 4.69) is 10.3 Å². The van der Waals surface area contributed by atoms with Crippen molar-refractivity contribution in [1.29, 1.82) is 0 Å². The zero-order chi connectivity index (χ0) is 14.4. The minimum atomic E-state index is -0.386. The molecule has 0 bridgehead atoms. The van der Waals surface area contributed by atoms with E-state index in [0.29, 0.717) is 13.0 Å². The van der Waals surface area contributed by atoms with Crippen molar-refractivity contribution in [3.05, 3.63) is 23.8 Å². The largest absolute Gasteiger partial charge is 0.508 e. The number of nitrogens with zero attached hydrogens (tertiary/aromatic N) is 1. The lowest BCUT2D eigenvalue weighted by molar-refractivity contribution is 0.0952. The van der Waals surface area contributed by atoms with Gasteiger partial charge in [-0.3, -0.25) is 9.79 Å². The van der Waals surface area contributed by atoms with Gasteiger partial charge < -0.3 is 27.0 Å². The summed E-state index contributed by atoms with van der Waals surface area (Å²) in [5.74, 6) is -0.710. The number of guanidine groups is 1. The first-order valence-electron chi connectivity index (χ1n) is 5.78. The summed E-state index contributed by atoms with van der Waals surface area (Å²) in [5, 5.41) is 21.2. The lowest BCUT2D eigenvalue weighted by Crippen LogP contribution is -2.28. The van der Waals surface area contributed by atoms with Crippen molar-refractivity contribution in [2.75, 3.05) is 6.54 Å². The van der Waals surface area contributed by atoms with Crippen LogP contribution in [0.15, 0.2) is 23.2 Å². The number of hydrogen-bond donors (Lipinski definition) is 5. The molecule has 0 heterocycles. The molecule has 1 unspecified atom stereocenters. The Labute approximate surface area is 110 Å². The number of aromatic hydroxyl groups is 2. The summed E-state index contributed by atoms with van der Waals surface area (Å²) in [6.45, 7) is 2.21. The Morgan fingerprint density at radius 1 is 1.32 bits per heavy atom. The standard InChI is InChI=1S/C12H18N4O3/c1-7(16-12(13)14)2-3-15-11(19)8-4-9(17)6-10(18)5-8/h4-7,17-18H,2-3H2,1H3,(H,15,19)(H4,13,14,16). The summed E-state index contributed by atoms with van der Waals surface area (Å²) < 4.78 is 0. The highest BCUT2D eigenvalue weighted by molar-refractivity contribution is 5.95. The van der Waals surface area contributed by atoms with Gasteiger partial charge in [0.1, 0.15) is 11.5 Å². The fourth-order valence-corrected chi connectivity index (χ4v) is 1.54. The molecular formula is C12H18N4O3. The van der Waals surface area contributed by atoms with Crippen LogP contribution in [0.2, 0.25) is 0 Å². The van der Waals surface area contributed by atoms with Crippen LogP contribution in [0.4, 0.5) is 0 Å². The van der Waals surface area contributed by atoms with Crippen molar-refractivity contribution < 1.29 is 15.0 Å². The summed E-state index contributed by atoms with van der Waals surface area (Å²) in [5.41, 5.74) is 10.7. The number of phenols is 2. The predicted molar refractivity (Wildman–Crippen MR) is 72.0 cm³/mol. The Hall–Kier alpha value is -2.44. The first-order valence-corrected chi connectivity index (χ1v) is 5.78. The number of hydrogen-bond acceptors (Lipinski definition) is 4. The zero-order valence-electron chi connectivity index (χ0n) is 10.6. The average molecular weight is 266 g/mol. The van der Waals surface area contributed by atoms with Crippen LogP contribution in [-0.4, -0.2) is 34.7 Å². The third-order valence-corrected chi connectivity index (χ3v) is 2.38. The van der Waals surface area contributed by atoms with E-state index in [9.17, 15) is 15.0 Å². The summed E-state index contributed by atoms with van der Waals surface area (Å²) in [6, 6.07) is 3.60. The van der Waals surface area contributed by atoms with Crippen LogP contribution in [0.25, 0.3) is 0 Å². The summed E-state index contributed by atoms with van der Waals surface area (Å²) in [7, 11) is 0. The molecular weight excluding hydrogens is 248 g/mol. The van der Waals surface area contributed by atoms with Crippen molar-refractivity contribution in [1.82, 2.24) is 5.32 Å². The Balaban J connectivity index is 2.50. The molecule has 7 N–H and O–H groups in total. The van der Waals surface area contributed by atoms with Gasteiger partial charge in [-0.15, -0.1) is 0 Å². The van der Waals surface area contributed by atoms with Gasteiger partial charge in [-0.2, -0.15) is 0 Å². The summed E-state index contributed by atoms with van der Waals surface area (Å²) in [6.07, 6.45) is 0.578. The van der Waals surface area contributed by atoms with Crippen molar-refractivity contribution in [2.45, 2.75) is 19.4 Å². The minimum Gasteiger partial charge on any atom is -0.508 e. The second-order valence-electron chi connectivity index (χ2n) is 4.19. The van der Waals surface area contributed by atoms with Crippen molar-refractivity contribution in [2.24, 2.45) is 16.5 Å². The van der Waals surface area contributed by atoms with Gasteiger partial charge in [0.15, 0.2) is 5.96 Å².